The zero-order chi connectivity index (χ0) is 13.0. The predicted octanol–water partition coefficient (Wildman–Crippen LogP) is 4.38. The second-order valence-corrected chi connectivity index (χ2v) is 5.54. The summed E-state index contributed by atoms with van der Waals surface area (Å²) >= 11 is 5.81. The lowest BCUT2D eigenvalue weighted by Gasteiger charge is -2.30. The lowest BCUT2D eigenvalue weighted by Crippen LogP contribution is -2.26. The van der Waals surface area contributed by atoms with Crippen LogP contribution in [0.3, 0.4) is 0 Å². The third-order valence-corrected chi connectivity index (χ3v) is 4.08. The second-order valence-electron chi connectivity index (χ2n) is 5.15. The summed E-state index contributed by atoms with van der Waals surface area (Å²) in [5, 5.41) is 0.493. The summed E-state index contributed by atoms with van der Waals surface area (Å²) < 4.78 is 0. The Balaban J connectivity index is 2.18. The third kappa shape index (κ3) is 3.11. The van der Waals surface area contributed by atoms with E-state index in [-0.39, 0.29) is 5.92 Å². The maximum Gasteiger partial charge on any atom is 0.140 e. The summed E-state index contributed by atoms with van der Waals surface area (Å²) in [6.45, 7) is 2.20. The van der Waals surface area contributed by atoms with E-state index in [2.05, 4.69) is 11.9 Å². The molecule has 2 rings (SSSR count). The van der Waals surface area contributed by atoms with Crippen molar-refractivity contribution in [3.8, 4) is 0 Å². The summed E-state index contributed by atoms with van der Waals surface area (Å²) in [5.74, 6) is 0.927. The Labute approximate surface area is 114 Å². The minimum atomic E-state index is 0.0510. The lowest BCUT2D eigenvalue weighted by atomic mass is 9.73. The van der Waals surface area contributed by atoms with Crippen molar-refractivity contribution in [1.82, 2.24) is 4.98 Å². The van der Waals surface area contributed by atoms with Crippen LogP contribution in [0.4, 0.5) is 0 Å². The highest BCUT2D eigenvalue weighted by atomic mass is 35.5. The van der Waals surface area contributed by atoms with Gasteiger partial charge in [-0.3, -0.25) is 4.79 Å². The van der Waals surface area contributed by atoms with Crippen molar-refractivity contribution in [1.29, 1.82) is 0 Å². The van der Waals surface area contributed by atoms with Crippen molar-refractivity contribution in [2.75, 3.05) is 0 Å². The first kappa shape index (κ1) is 13.5. The number of carbonyl (C=O) groups excluding carboxylic acids is 1. The molecule has 98 valence electrons. The molecule has 0 spiro atoms. The van der Waals surface area contributed by atoms with E-state index in [9.17, 15) is 4.79 Å². The van der Waals surface area contributed by atoms with Gasteiger partial charge in [0.15, 0.2) is 0 Å². The minimum Gasteiger partial charge on any atom is -0.299 e. The standard InChI is InChI=1S/C15H20ClNO/c1-2-3-5-11-6-4-7-13(18)15(11)12-8-9-14(16)17-10-12/h8-11,15H,2-7H2,1H3/t11-,15-/m1/s1. The van der Waals surface area contributed by atoms with E-state index in [4.69, 9.17) is 11.6 Å². The number of hydrogen-bond acceptors (Lipinski definition) is 2. The first-order valence-corrected chi connectivity index (χ1v) is 7.24. The first-order chi connectivity index (χ1) is 8.72. The van der Waals surface area contributed by atoms with Gasteiger partial charge in [0.05, 0.1) is 0 Å². The topological polar surface area (TPSA) is 30.0 Å². The van der Waals surface area contributed by atoms with Gasteiger partial charge in [-0.2, -0.15) is 0 Å². The molecular weight excluding hydrogens is 246 g/mol. The monoisotopic (exact) mass is 265 g/mol. The largest absolute Gasteiger partial charge is 0.299 e. The van der Waals surface area contributed by atoms with E-state index in [0.29, 0.717) is 16.9 Å². The SMILES string of the molecule is CCCC[C@@H]1CCCC(=O)[C@H]1c1ccc(Cl)nc1. The quantitative estimate of drug-likeness (QED) is 0.757. The smallest absolute Gasteiger partial charge is 0.140 e. The van der Waals surface area contributed by atoms with Crippen molar-refractivity contribution in [2.45, 2.75) is 51.4 Å². The molecule has 1 fully saturated rings. The molecule has 2 nitrogen and oxygen atoms in total. The molecule has 18 heavy (non-hydrogen) atoms. The number of hydrogen-bond donors (Lipinski definition) is 0. The summed E-state index contributed by atoms with van der Waals surface area (Å²) in [5.41, 5.74) is 1.05. The maximum absolute atomic E-state index is 12.2. The van der Waals surface area contributed by atoms with Crippen molar-refractivity contribution in [2.24, 2.45) is 5.92 Å². The molecule has 0 saturated heterocycles. The summed E-state index contributed by atoms with van der Waals surface area (Å²) in [4.78, 5) is 16.3. The molecule has 1 aromatic rings. The van der Waals surface area contributed by atoms with Crippen LogP contribution in [0.2, 0.25) is 5.15 Å². The highest BCUT2D eigenvalue weighted by molar-refractivity contribution is 6.29. The van der Waals surface area contributed by atoms with Crippen LogP contribution >= 0.6 is 11.6 Å². The summed E-state index contributed by atoms with van der Waals surface area (Å²) in [7, 11) is 0. The van der Waals surface area contributed by atoms with Crippen LogP contribution in [0.5, 0.6) is 0 Å². The van der Waals surface area contributed by atoms with E-state index in [1.54, 1.807) is 12.3 Å². The number of unbranched alkanes of at least 4 members (excludes halogenated alkanes) is 1. The fraction of sp³-hybridized carbons (Fsp3) is 0.600. The Morgan fingerprint density at radius 1 is 1.44 bits per heavy atom. The zero-order valence-electron chi connectivity index (χ0n) is 10.9. The van der Waals surface area contributed by atoms with Gasteiger partial charge in [-0.15, -0.1) is 0 Å². The Hall–Kier alpha value is -0.890. The molecule has 2 atom stereocenters. The van der Waals surface area contributed by atoms with Crippen LogP contribution in [0.15, 0.2) is 18.3 Å². The Morgan fingerprint density at radius 3 is 2.94 bits per heavy atom. The van der Waals surface area contributed by atoms with Crippen molar-refractivity contribution in [3.63, 3.8) is 0 Å². The predicted molar refractivity (Wildman–Crippen MR) is 73.9 cm³/mol. The number of nitrogens with zero attached hydrogens (tertiary/aromatic N) is 1. The summed E-state index contributed by atoms with van der Waals surface area (Å²) in [6.07, 6.45) is 8.25. The number of aromatic nitrogens is 1. The van der Waals surface area contributed by atoms with Gasteiger partial charge in [-0.25, -0.2) is 4.98 Å². The normalized spacial score (nSPS) is 24.2. The molecule has 1 aliphatic carbocycles. The molecular formula is C15H20ClNO. The number of halogens is 1. The lowest BCUT2D eigenvalue weighted by molar-refractivity contribution is -0.123. The van der Waals surface area contributed by atoms with E-state index in [1.807, 2.05) is 6.07 Å². The minimum absolute atomic E-state index is 0.0510. The number of Topliss-reactive ketones (excluding diaryl/α,β-unsaturated/α-hetero) is 1. The van der Waals surface area contributed by atoms with Gasteiger partial charge < -0.3 is 0 Å². The van der Waals surface area contributed by atoms with Gasteiger partial charge in [-0.05, 0) is 36.8 Å². The Morgan fingerprint density at radius 2 is 2.28 bits per heavy atom. The van der Waals surface area contributed by atoms with Crippen LogP contribution in [0.1, 0.15) is 56.9 Å². The van der Waals surface area contributed by atoms with E-state index in [1.165, 1.54) is 19.3 Å². The van der Waals surface area contributed by atoms with Crippen LogP contribution in [0, 0.1) is 5.92 Å². The molecule has 0 bridgehead atoms. The molecule has 0 aliphatic heterocycles. The molecule has 0 N–H and O–H groups in total. The van der Waals surface area contributed by atoms with Crippen LogP contribution in [0.25, 0.3) is 0 Å². The molecule has 1 aliphatic rings. The second kappa shape index (κ2) is 6.33. The van der Waals surface area contributed by atoms with Gasteiger partial charge in [0.2, 0.25) is 0 Å². The number of pyridine rings is 1. The molecule has 1 heterocycles. The van der Waals surface area contributed by atoms with Gasteiger partial charge >= 0.3 is 0 Å². The molecule has 0 aromatic carbocycles. The highest BCUT2D eigenvalue weighted by Crippen LogP contribution is 2.38. The van der Waals surface area contributed by atoms with E-state index in [0.717, 1.165) is 24.8 Å². The zero-order valence-corrected chi connectivity index (χ0v) is 11.6. The first-order valence-electron chi connectivity index (χ1n) is 6.86. The fourth-order valence-electron chi connectivity index (χ4n) is 2.93. The van der Waals surface area contributed by atoms with Crippen molar-refractivity contribution >= 4 is 17.4 Å². The van der Waals surface area contributed by atoms with E-state index < -0.39 is 0 Å². The Bertz CT molecular complexity index is 401. The van der Waals surface area contributed by atoms with E-state index >= 15 is 0 Å². The van der Waals surface area contributed by atoms with Crippen molar-refractivity contribution in [3.05, 3.63) is 29.0 Å². The van der Waals surface area contributed by atoms with Gasteiger partial charge in [0.1, 0.15) is 10.9 Å². The van der Waals surface area contributed by atoms with Crippen LogP contribution in [-0.4, -0.2) is 10.8 Å². The molecule has 3 heteroatoms. The third-order valence-electron chi connectivity index (χ3n) is 3.85. The molecule has 1 saturated carbocycles. The molecule has 0 unspecified atom stereocenters. The maximum atomic E-state index is 12.2. The molecule has 0 amide bonds. The van der Waals surface area contributed by atoms with Gasteiger partial charge in [0, 0.05) is 18.5 Å². The van der Waals surface area contributed by atoms with Gasteiger partial charge in [0.25, 0.3) is 0 Å². The average molecular weight is 266 g/mol. The molecule has 0 radical (unpaired) electrons. The Kier molecular flexibility index (Phi) is 4.76. The van der Waals surface area contributed by atoms with Crippen molar-refractivity contribution < 1.29 is 4.79 Å². The van der Waals surface area contributed by atoms with Crippen LogP contribution < -0.4 is 0 Å². The van der Waals surface area contributed by atoms with Gasteiger partial charge in [-0.1, -0.05) is 37.4 Å². The number of rotatable bonds is 4. The summed E-state index contributed by atoms with van der Waals surface area (Å²) in [6, 6.07) is 3.75. The van der Waals surface area contributed by atoms with Crippen LogP contribution in [-0.2, 0) is 4.79 Å². The fourth-order valence-corrected chi connectivity index (χ4v) is 3.04. The average Bonchev–Trinajstić information content (AvgIpc) is 2.38. The number of ketones is 1. The molecule has 1 aromatic heterocycles. The highest BCUT2D eigenvalue weighted by Gasteiger charge is 2.32. The number of carbonyl (C=O) groups is 1.